The highest BCUT2D eigenvalue weighted by molar-refractivity contribution is 5.83. The summed E-state index contributed by atoms with van der Waals surface area (Å²) in [7, 11) is 0. The second kappa shape index (κ2) is 4.72. The van der Waals surface area contributed by atoms with Crippen molar-refractivity contribution in [3.63, 3.8) is 0 Å². The number of carbonyl (C=O) groups is 1. The summed E-state index contributed by atoms with van der Waals surface area (Å²) in [6.45, 7) is 5.61. The molecule has 1 amide bonds. The lowest BCUT2D eigenvalue weighted by Crippen LogP contribution is -2.48. The highest BCUT2D eigenvalue weighted by Crippen LogP contribution is 2.29. The number of nitrogens with zero attached hydrogens (tertiary/aromatic N) is 1. The molecule has 92 valence electrons. The third kappa shape index (κ3) is 2.23. The topological polar surface area (TPSA) is 52.6 Å². The lowest BCUT2D eigenvalue weighted by molar-refractivity contribution is -0.142. The van der Waals surface area contributed by atoms with Crippen LogP contribution in [0.2, 0.25) is 0 Å². The van der Waals surface area contributed by atoms with E-state index in [1.807, 2.05) is 4.90 Å². The van der Waals surface area contributed by atoms with Crippen molar-refractivity contribution in [3.05, 3.63) is 0 Å². The zero-order valence-corrected chi connectivity index (χ0v) is 10.0. The first kappa shape index (κ1) is 11.9. The number of nitrogens with one attached hydrogen (secondary N) is 1. The molecule has 2 heterocycles. The summed E-state index contributed by atoms with van der Waals surface area (Å²) in [6, 6.07) is 0. The Labute approximate surface area is 97.0 Å². The molecule has 2 aliphatic rings. The highest BCUT2D eigenvalue weighted by atomic mass is 16.3. The van der Waals surface area contributed by atoms with Crippen LogP contribution in [0.25, 0.3) is 0 Å². The first-order valence-corrected chi connectivity index (χ1v) is 6.27. The van der Waals surface area contributed by atoms with E-state index in [4.69, 9.17) is 5.11 Å². The van der Waals surface area contributed by atoms with E-state index < -0.39 is 0 Å². The summed E-state index contributed by atoms with van der Waals surface area (Å²) < 4.78 is 0. The molecule has 16 heavy (non-hydrogen) atoms. The summed E-state index contributed by atoms with van der Waals surface area (Å²) in [4.78, 5) is 14.3. The summed E-state index contributed by atoms with van der Waals surface area (Å²) >= 11 is 0. The van der Waals surface area contributed by atoms with Gasteiger partial charge < -0.3 is 15.3 Å². The van der Waals surface area contributed by atoms with Gasteiger partial charge in [0, 0.05) is 26.2 Å². The van der Waals surface area contributed by atoms with E-state index in [2.05, 4.69) is 12.2 Å². The van der Waals surface area contributed by atoms with Crippen molar-refractivity contribution in [3.8, 4) is 0 Å². The van der Waals surface area contributed by atoms with Gasteiger partial charge in [-0.2, -0.15) is 0 Å². The Morgan fingerprint density at radius 2 is 2.44 bits per heavy atom. The van der Waals surface area contributed by atoms with Crippen LogP contribution in [0, 0.1) is 11.3 Å². The summed E-state index contributed by atoms with van der Waals surface area (Å²) in [5.41, 5.74) is -0.211. The van der Waals surface area contributed by atoms with Crippen LogP contribution in [0.3, 0.4) is 0 Å². The summed E-state index contributed by atoms with van der Waals surface area (Å²) in [5, 5.41) is 12.4. The summed E-state index contributed by atoms with van der Waals surface area (Å²) in [6.07, 6.45) is 3.02. The Balaban J connectivity index is 1.98. The van der Waals surface area contributed by atoms with Gasteiger partial charge in [-0.25, -0.2) is 0 Å². The Morgan fingerprint density at radius 3 is 3.06 bits per heavy atom. The molecule has 0 aromatic rings. The maximum Gasteiger partial charge on any atom is 0.229 e. The number of likely N-dealkylation sites (tertiary alicyclic amines) is 1. The zero-order valence-electron chi connectivity index (χ0n) is 10.0. The standard InChI is InChI=1S/C12H22N2O2/c1-12(4-5-13-9-12)11(16)14-6-2-3-10(7-14)8-15/h10,13,15H,2-9H2,1H3. The van der Waals surface area contributed by atoms with E-state index in [0.717, 1.165) is 45.4 Å². The molecule has 0 aromatic carbocycles. The molecule has 2 fully saturated rings. The number of rotatable bonds is 2. The lowest BCUT2D eigenvalue weighted by Gasteiger charge is -2.36. The fraction of sp³-hybridized carbons (Fsp3) is 0.917. The molecule has 0 bridgehead atoms. The smallest absolute Gasteiger partial charge is 0.229 e. The second-order valence-corrected chi connectivity index (χ2v) is 5.43. The van der Waals surface area contributed by atoms with Crippen molar-refractivity contribution in [2.24, 2.45) is 11.3 Å². The minimum atomic E-state index is -0.211. The molecule has 4 heteroatoms. The second-order valence-electron chi connectivity index (χ2n) is 5.43. The molecule has 2 rings (SSSR count). The molecule has 2 saturated heterocycles. The fourth-order valence-corrected chi connectivity index (χ4v) is 2.78. The van der Waals surface area contributed by atoms with Gasteiger partial charge in [0.25, 0.3) is 0 Å². The molecule has 0 spiro atoms. The van der Waals surface area contributed by atoms with E-state index in [-0.39, 0.29) is 23.8 Å². The molecule has 2 N–H and O–H groups in total. The molecule has 0 saturated carbocycles. The Bertz CT molecular complexity index is 262. The van der Waals surface area contributed by atoms with Gasteiger partial charge in [-0.3, -0.25) is 4.79 Å². The average molecular weight is 226 g/mol. The summed E-state index contributed by atoms with van der Waals surface area (Å²) in [5.74, 6) is 0.561. The van der Waals surface area contributed by atoms with Crippen LogP contribution in [0.4, 0.5) is 0 Å². The van der Waals surface area contributed by atoms with Crippen LogP contribution in [0.5, 0.6) is 0 Å². The Kier molecular flexibility index (Phi) is 3.50. The van der Waals surface area contributed by atoms with Crippen molar-refractivity contribution in [2.45, 2.75) is 26.2 Å². The molecule has 0 radical (unpaired) electrons. The fourth-order valence-electron chi connectivity index (χ4n) is 2.78. The van der Waals surface area contributed by atoms with Gasteiger partial charge in [-0.05, 0) is 38.6 Å². The number of hydrogen-bond acceptors (Lipinski definition) is 3. The zero-order chi connectivity index (χ0) is 11.6. The predicted octanol–water partition coefficient (Wildman–Crippen LogP) is 0.217. The SMILES string of the molecule is CC1(C(=O)N2CCCC(CO)C2)CCNC1. The van der Waals surface area contributed by atoms with Crippen LogP contribution in [0.1, 0.15) is 26.2 Å². The molecule has 2 aliphatic heterocycles. The number of aliphatic hydroxyl groups is 1. The van der Waals surface area contributed by atoms with Gasteiger partial charge in [-0.15, -0.1) is 0 Å². The van der Waals surface area contributed by atoms with E-state index in [0.29, 0.717) is 0 Å². The van der Waals surface area contributed by atoms with E-state index in [1.165, 1.54) is 0 Å². The average Bonchev–Trinajstić information content (AvgIpc) is 2.76. The molecular weight excluding hydrogens is 204 g/mol. The number of piperidine rings is 1. The third-order valence-electron chi connectivity index (χ3n) is 3.95. The minimum absolute atomic E-state index is 0.207. The van der Waals surface area contributed by atoms with Crippen molar-refractivity contribution in [1.29, 1.82) is 0 Å². The largest absolute Gasteiger partial charge is 0.396 e. The van der Waals surface area contributed by atoms with Crippen LogP contribution in [0.15, 0.2) is 0 Å². The van der Waals surface area contributed by atoms with Crippen molar-refractivity contribution in [2.75, 3.05) is 32.8 Å². The predicted molar refractivity (Wildman–Crippen MR) is 62.0 cm³/mol. The van der Waals surface area contributed by atoms with Gasteiger partial charge in [0.2, 0.25) is 5.91 Å². The minimum Gasteiger partial charge on any atom is -0.396 e. The highest BCUT2D eigenvalue weighted by Gasteiger charge is 2.40. The van der Waals surface area contributed by atoms with Crippen molar-refractivity contribution >= 4 is 5.91 Å². The monoisotopic (exact) mass is 226 g/mol. The molecule has 4 nitrogen and oxygen atoms in total. The normalized spacial score (nSPS) is 35.4. The van der Waals surface area contributed by atoms with Gasteiger partial charge in [-0.1, -0.05) is 0 Å². The van der Waals surface area contributed by atoms with Gasteiger partial charge in [0.15, 0.2) is 0 Å². The molecule has 0 aromatic heterocycles. The van der Waals surface area contributed by atoms with Crippen LogP contribution in [-0.2, 0) is 4.79 Å². The van der Waals surface area contributed by atoms with E-state index >= 15 is 0 Å². The Morgan fingerprint density at radius 1 is 1.62 bits per heavy atom. The lowest BCUT2D eigenvalue weighted by atomic mass is 9.86. The number of amides is 1. The number of aliphatic hydroxyl groups excluding tert-OH is 1. The van der Waals surface area contributed by atoms with Gasteiger partial charge in [0.05, 0.1) is 5.41 Å². The van der Waals surface area contributed by atoms with Crippen LogP contribution < -0.4 is 5.32 Å². The molecular formula is C12H22N2O2. The quantitative estimate of drug-likeness (QED) is 0.708. The first-order chi connectivity index (χ1) is 7.65. The maximum atomic E-state index is 12.4. The molecule has 0 aliphatic carbocycles. The van der Waals surface area contributed by atoms with Crippen molar-refractivity contribution in [1.82, 2.24) is 10.2 Å². The van der Waals surface area contributed by atoms with Gasteiger partial charge >= 0.3 is 0 Å². The van der Waals surface area contributed by atoms with Gasteiger partial charge in [0.1, 0.15) is 0 Å². The third-order valence-corrected chi connectivity index (χ3v) is 3.95. The number of carbonyl (C=O) groups excluding carboxylic acids is 1. The first-order valence-electron chi connectivity index (χ1n) is 6.27. The van der Waals surface area contributed by atoms with E-state index in [1.54, 1.807) is 0 Å². The van der Waals surface area contributed by atoms with E-state index in [9.17, 15) is 4.79 Å². The van der Waals surface area contributed by atoms with Crippen LogP contribution in [-0.4, -0.2) is 48.7 Å². The maximum absolute atomic E-state index is 12.4. The molecule has 2 atom stereocenters. The molecule has 2 unspecified atom stereocenters. The van der Waals surface area contributed by atoms with Crippen LogP contribution >= 0.6 is 0 Å². The Hall–Kier alpha value is -0.610. The number of hydrogen-bond donors (Lipinski definition) is 2. The van der Waals surface area contributed by atoms with Crippen molar-refractivity contribution < 1.29 is 9.90 Å².